The van der Waals surface area contributed by atoms with Crippen molar-refractivity contribution in [3.63, 3.8) is 0 Å². The molecule has 0 atom stereocenters. The van der Waals surface area contributed by atoms with Crippen LogP contribution < -0.4 is 10.3 Å². The number of nitrogens with zero attached hydrogens (tertiary/aromatic N) is 2. The molecule has 4 heteroatoms. The predicted octanol–water partition coefficient (Wildman–Crippen LogP) is 3.79. The maximum atomic E-state index is 6.50. The summed E-state index contributed by atoms with van der Waals surface area (Å²) in [6, 6.07) is 11.8. The average molecular weight is 287 g/mol. The zero-order valence-corrected chi connectivity index (χ0v) is 12.4. The van der Waals surface area contributed by atoms with Crippen LogP contribution in [-0.4, -0.2) is 21.1 Å². The Balaban J connectivity index is 2.39. The lowest BCUT2D eigenvalue weighted by Crippen LogP contribution is -2.08. The van der Waals surface area contributed by atoms with E-state index in [0.717, 1.165) is 33.3 Å². The lowest BCUT2D eigenvalue weighted by Gasteiger charge is -2.15. The number of anilines is 1. The lowest BCUT2D eigenvalue weighted by molar-refractivity contribution is 0.618. The minimum absolute atomic E-state index is 0.717. The van der Waals surface area contributed by atoms with Crippen LogP contribution in [0.15, 0.2) is 45.8 Å². The minimum Gasteiger partial charge on any atom is -0.456 e. The van der Waals surface area contributed by atoms with Gasteiger partial charge in [0.05, 0.1) is 10.4 Å². The molecule has 1 heterocycles. The van der Waals surface area contributed by atoms with Crippen LogP contribution in [-0.2, 0) is 0 Å². The molecule has 3 nitrogen and oxygen atoms in total. The summed E-state index contributed by atoms with van der Waals surface area (Å²) in [7, 11) is 5.75. The summed E-state index contributed by atoms with van der Waals surface area (Å²) in [5, 5.41) is 2.51. The first-order valence-corrected chi connectivity index (χ1v) is 6.74. The Kier molecular flexibility index (Phi) is 3.14. The molecule has 0 saturated carbocycles. The highest BCUT2D eigenvalue weighted by atomic mass is 35.5. The molecule has 0 amide bonds. The van der Waals surface area contributed by atoms with E-state index in [2.05, 4.69) is 4.99 Å². The van der Waals surface area contributed by atoms with Crippen LogP contribution in [0.2, 0.25) is 5.02 Å². The molecule has 1 aromatic carbocycles. The minimum atomic E-state index is 0.717. The Morgan fingerprint density at radius 3 is 2.60 bits per heavy atom. The van der Waals surface area contributed by atoms with Crippen molar-refractivity contribution in [3.8, 4) is 11.3 Å². The van der Waals surface area contributed by atoms with Crippen LogP contribution in [0.4, 0.5) is 5.69 Å². The number of benzene rings is 2. The lowest BCUT2D eigenvalue weighted by atomic mass is 10.1. The topological polar surface area (TPSA) is 28.7 Å². The van der Waals surface area contributed by atoms with Crippen LogP contribution >= 0.6 is 11.6 Å². The molecule has 102 valence electrons. The van der Waals surface area contributed by atoms with Gasteiger partial charge in [-0.05, 0) is 24.3 Å². The fraction of sp³-hybridized carbons (Fsp3) is 0.188. The van der Waals surface area contributed by atoms with Crippen molar-refractivity contribution >= 4 is 28.3 Å². The molecule has 2 aliphatic rings. The zero-order chi connectivity index (χ0) is 14.3. The summed E-state index contributed by atoms with van der Waals surface area (Å²) < 4.78 is 5.99. The number of hydrogen-bond donors (Lipinski definition) is 0. The molecule has 1 aromatic rings. The highest BCUT2D eigenvalue weighted by Gasteiger charge is 2.14. The van der Waals surface area contributed by atoms with Crippen LogP contribution in [0.1, 0.15) is 0 Å². The summed E-state index contributed by atoms with van der Waals surface area (Å²) in [5.74, 6) is 0.751. The molecule has 1 aliphatic carbocycles. The Morgan fingerprint density at radius 2 is 1.90 bits per heavy atom. The first-order chi connectivity index (χ1) is 9.60. The maximum Gasteiger partial charge on any atom is 0.138 e. The van der Waals surface area contributed by atoms with E-state index in [4.69, 9.17) is 16.0 Å². The van der Waals surface area contributed by atoms with Crippen molar-refractivity contribution in [1.29, 1.82) is 0 Å². The standard InChI is InChI=1S/C16H15ClN2O/c1-18-10-4-6-12-14(8-10)20-15-9-11(19(2)3)5-7-13(15)16(12)17/h4-9H,1-3H3. The van der Waals surface area contributed by atoms with E-state index in [1.54, 1.807) is 7.05 Å². The van der Waals surface area contributed by atoms with Crippen LogP contribution in [0.25, 0.3) is 22.3 Å². The van der Waals surface area contributed by atoms with Gasteiger partial charge in [0, 0.05) is 49.9 Å². The molecule has 0 saturated heterocycles. The Morgan fingerprint density at radius 1 is 1.10 bits per heavy atom. The summed E-state index contributed by atoms with van der Waals surface area (Å²) >= 11 is 6.50. The first kappa shape index (κ1) is 13.0. The van der Waals surface area contributed by atoms with Gasteiger partial charge >= 0.3 is 0 Å². The largest absolute Gasteiger partial charge is 0.456 e. The molecule has 0 N–H and O–H groups in total. The fourth-order valence-corrected chi connectivity index (χ4v) is 2.55. The van der Waals surface area contributed by atoms with Gasteiger partial charge in [0.2, 0.25) is 0 Å². The molecule has 1 aliphatic heterocycles. The summed E-state index contributed by atoms with van der Waals surface area (Å²) in [5.41, 5.74) is 2.76. The SMILES string of the molecule is CN=c1ccc2c(Cl)c3ccc(N(C)C)cc3oc-2c1. The third kappa shape index (κ3) is 2.04. The van der Waals surface area contributed by atoms with E-state index in [0.29, 0.717) is 5.02 Å². The second kappa shape index (κ2) is 4.84. The molecule has 0 aromatic heterocycles. The van der Waals surface area contributed by atoms with Crippen molar-refractivity contribution in [1.82, 2.24) is 0 Å². The second-order valence-corrected chi connectivity index (χ2v) is 5.27. The average Bonchev–Trinajstić information content (AvgIpc) is 2.46. The number of rotatable bonds is 1. The van der Waals surface area contributed by atoms with Crippen molar-refractivity contribution in [3.05, 3.63) is 46.8 Å². The first-order valence-electron chi connectivity index (χ1n) is 6.36. The third-order valence-electron chi connectivity index (χ3n) is 3.40. The fourth-order valence-electron chi connectivity index (χ4n) is 2.23. The van der Waals surface area contributed by atoms with Gasteiger partial charge in [0.1, 0.15) is 11.3 Å². The molecule has 0 spiro atoms. The van der Waals surface area contributed by atoms with Crippen molar-refractivity contribution in [2.24, 2.45) is 4.99 Å². The monoisotopic (exact) mass is 286 g/mol. The van der Waals surface area contributed by atoms with Gasteiger partial charge in [-0.1, -0.05) is 11.6 Å². The van der Waals surface area contributed by atoms with Gasteiger partial charge in [-0.25, -0.2) is 0 Å². The van der Waals surface area contributed by atoms with E-state index in [1.807, 2.05) is 55.4 Å². The normalized spacial score (nSPS) is 12.3. The second-order valence-electron chi connectivity index (χ2n) is 4.90. The zero-order valence-electron chi connectivity index (χ0n) is 11.6. The highest BCUT2D eigenvalue weighted by molar-refractivity contribution is 6.38. The van der Waals surface area contributed by atoms with Crippen molar-refractivity contribution < 1.29 is 4.42 Å². The molecule has 20 heavy (non-hydrogen) atoms. The van der Waals surface area contributed by atoms with Crippen molar-refractivity contribution in [2.75, 3.05) is 26.0 Å². The number of halogens is 1. The van der Waals surface area contributed by atoms with Crippen LogP contribution in [0.3, 0.4) is 0 Å². The van der Waals surface area contributed by atoms with Gasteiger partial charge in [-0.2, -0.15) is 0 Å². The molecule has 0 bridgehead atoms. The van der Waals surface area contributed by atoms with E-state index < -0.39 is 0 Å². The van der Waals surface area contributed by atoms with Gasteiger partial charge in [-0.15, -0.1) is 0 Å². The Labute approximate surface area is 122 Å². The predicted molar refractivity (Wildman–Crippen MR) is 83.7 cm³/mol. The van der Waals surface area contributed by atoms with Crippen molar-refractivity contribution in [2.45, 2.75) is 0 Å². The van der Waals surface area contributed by atoms with Gasteiger partial charge in [-0.3, -0.25) is 4.99 Å². The number of hydrogen-bond acceptors (Lipinski definition) is 3. The summed E-state index contributed by atoms with van der Waals surface area (Å²) in [4.78, 5) is 6.20. The van der Waals surface area contributed by atoms with E-state index in [-0.39, 0.29) is 0 Å². The molecule has 0 radical (unpaired) electrons. The van der Waals surface area contributed by atoms with E-state index >= 15 is 0 Å². The van der Waals surface area contributed by atoms with E-state index in [9.17, 15) is 0 Å². The molecular formula is C16H15ClN2O. The summed E-state index contributed by atoms with van der Waals surface area (Å²) in [6.45, 7) is 0. The molecule has 3 rings (SSSR count). The Hall–Kier alpha value is -2.00. The van der Waals surface area contributed by atoms with Gasteiger partial charge in [0.25, 0.3) is 0 Å². The quantitative estimate of drug-likeness (QED) is 0.637. The smallest absolute Gasteiger partial charge is 0.138 e. The molecular weight excluding hydrogens is 272 g/mol. The molecule has 0 unspecified atom stereocenters. The number of fused-ring (bicyclic) bond motifs is 2. The third-order valence-corrected chi connectivity index (χ3v) is 3.81. The van der Waals surface area contributed by atoms with Crippen LogP contribution in [0, 0.1) is 0 Å². The Bertz CT molecular complexity index is 820. The van der Waals surface area contributed by atoms with Gasteiger partial charge in [0.15, 0.2) is 0 Å². The molecule has 0 fully saturated rings. The van der Waals surface area contributed by atoms with Crippen LogP contribution in [0.5, 0.6) is 0 Å². The highest BCUT2D eigenvalue weighted by Crippen LogP contribution is 2.37. The van der Waals surface area contributed by atoms with Gasteiger partial charge < -0.3 is 9.32 Å². The maximum absolute atomic E-state index is 6.50. The summed E-state index contributed by atoms with van der Waals surface area (Å²) in [6.07, 6.45) is 0. The van der Waals surface area contributed by atoms with E-state index in [1.165, 1.54) is 0 Å².